The Morgan fingerprint density at radius 3 is 1.94 bits per heavy atom. The van der Waals surface area contributed by atoms with Gasteiger partial charge in [-0.1, -0.05) is 30.3 Å². The van der Waals surface area contributed by atoms with Gasteiger partial charge in [0.05, 0.1) is 17.2 Å². The average Bonchev–Trinajstić information content (AvgIpc) is 3.75. The molecule has 4 heterocycles. The number of carbonyl (C=O) groups is 1. The quantitative estimate of drug-likeness (QED) is 0.0947. The lowest BCUT2D eigenvalue weighted by molar-refractivity contribution is -0.119. The molecule has 0 radical (unpaired) electrons. The first-order valence-corrected chi connectivity index (χ1v) is 14.6. The molecule has 0 aliphatic heterocycles. The van der Waals surface area contributed by atoms with E-state index in [2.05, 4.69) is 40.5 Å². The second-order valence-corrected chi connectivity index (χ2v) is 10.4. The molecule has 0 unspecified atom stereocenters. The minimum atomic E-state index is -0.610. The van der Waals surface area contributed by atoms with Crippen molar-refractivity contribution in [2.24, 2.45) is 0 Å². The van der Waals surface area contributed by atoms with E-state index in [-0.39, 0.29) is 34.8 Å². The number of nitrogen functional groups attached to an aromatic ring is 1. The molecule has 0 aliphatic rings. The number of halogens is 2. The Morgan fingerprint density at radius 2 is 1.35 bits per heavy atom. The van der Waals surface area contributed by atoms with Gasteiger partial charge in [-0.25, -0.2) is 28.7 Å². The van der Waals surface area contributed by atoms with E-state index in [1.54, 1.807) is 36.7 Å². The number of aromatic amines is 2. The number of amides is 1. The van der Waals surface area contributed by atoms with E-state index in [1.165, 1.54) is 36.9 Å². The number of aromatic nitrogens is 6. The summed E-state index contributed by atoms with van der Waals surface area (Å²) in [6, 6.07) is 21.3. The molecule has 15 heteroatoms. The van der Waals surface area contributed by atoms with Crippen LogP contribution in [-0.4, -0.2) is 40.9 Å². The van der Waals surface area contributed by atoms with E-state index >= 15 is 0 Å². The summed E-state index contributed by atoms with van der Waals surface area (Å²) in [5.74, 6) is -0.794. The van der Waals surface area contributed by atoms with Crippen LogP contribution >= 0.6 is 12.2 Å². The lowest BCUT2D eigenvalue weighted by atomic mass is 10.1. The average molecular weight is 666 g/mol. The van der Waals surface area contributed by atoms with E-state index in [0.717, 1.165) is 5.56 Å². The molecule has 0 saturated carbocycles. The van der Waals surface area contributed by atoms with Gasteiger partial charge < -0.3 is 35.8 Å². The Morgan fingerprint density at radius 1 is 0.771 bits per heavy atom. The number of ether oxygens (including phenoxy) is 2. The fraction of sp³-hybridized carbons (Fsp3) is 0.0303. The first-order chi connectivity index (χ1) is 23.3. The first kappa shape index (κ1) is 31.5. The highest BCUT2D eigenvalue weighted by molar-refractivity contribution is 7.80. The number of anilines is 2. The Balaban J connectivity index is 0.000000189. The van der Waals surface area contributed by atoms with Gasteiger partial charge in [-0.2, -0.15) is 0 Å². The zero-order valence-corrected chi connectivity index (χ0v) is 25.6. The standard InChI is InChI=1S/C21H16FN5O2S.C12H9FN4O/c22-16-11-14(26-21(30)27-18(28)10-13-4-2-1-3-5-13)6-7-17(16)29-20-15-8-9-23-19(15)24-12-25-20;13-9-5-7(14)1-2-10(9)18-12-8-3-4-15-11(8)16-6-17-12/h1-9,11-12H,10H2,(H,23,24,25)(H2,26,27,28,30);1-6H,14H2,(H,15,16,17). The SMILES string of the molecule is Nc1ccc(Oc2ncnc3[nH]ccc23)c(F)c1.O=C(Cc1ccccc1)NC(=S)Nc1ccc(Oc2ncnc3[nH]ccc23)c(F)c1. The minimum Gasteiger partial charge on any atom is -0.435 e. The molecule has 240 valence electrons. The van der Waals surface area contributed by atoms with Crippen molar-refractivity contribution >= 4 is 56.7 Å². The van der Waals surface area contributed by atoms with E-state index in [4.69, 9.17) is 27.4 Å². The second-order valence-electron chi connectivity index (χ2n) is 10.0. The number of thiocarbonyl (C=S) groups is 1. The van der Waals surface area contributed by atoms with Crippen LogP contribution < -0.4 is 25.8 Å². The maximum Gasteiger partial charge on any atom is 0.231 e. The second kappa shape index (κ2) is 14.3. The van der Waals surface area contributed by atoms with E-state index in [1.807, 2.05) is 30.3 Å². The van der Waals surface area contributed by atoms with Gasteiger partial charge in [-0.15, -0.1) is 0 Å². The zero-order valence-electron chi connectivity index (χ0n) is 24.8. The van der Waals surface area contributed by atoms with Crippen LogP contribution in [0.15, 0.2) is 104 Å². The van der Waals surface area contributed by atoms with Gasteiger partial charge >= 0.3 is 0 Å². The Kier molecular flexibility index (Phi) is 9.39. The summed E-state index contributed by atoms with van der Waals surface area (Å²) < 4.78 is 39.2. The van der Waals surface area contributed by atoms with Crippen molar-refractivity contribution in [3.63, 3.8) is 0 Å². The van der Waals surface area contributed by atoms with Gasteiger partial charge in [-0.3, -0.25) is 4.79 Å². The number of nitrogens with two attached hydrogens (primary N) is 1. The zero-order chi connectivity index (χ0) is 33.5. The molecule has 0 bridgehead atoms. The smallest absolute Gasteiger partial charge is 0.231 e. The lowest BCUT2D eigenvalue weighted by Gasteiger charge is -2.11. The Hall–Kier alpha value is -6.48. The lowest BCUT2D eigenvalue weighted by Crippen LogP contribution is -2.35. The molecular weight excluding hydrogens is 640 g/mol. The normalized spacial score (nSPS) is 10.6. The van der Waals surface area contributed by atoms with Crippen LogP contribution in [0.2, 0.25) is 0 Å². The maximum absolute atomic E-state index is 14.5. The van der Waals surface area contributed by atoms with Gasteiger partial charge in [0.25, 0.3) is 0 Å². The van der Waals surface area contributed by atoms with Crippen molar-refractivity contribution in [1.29, 1.82) is 0 Å². The van der Waals surface area contributed by atoms with Gasteiger partial charge in [0.1, 0.15) is 23.9 Å². The molecular formula is C33H25F2N9O3S. The Labute approximate surface area is 276 Å². The number of carbonyl (C=O) groups excluding carboxylic acids is 1. The molecule has 7 aromatic rings. The highest BCUT2D eigenvalue weighted by Crippen LogP contribution is 2.30. The summed E-state index contributed by atoms with van der Waals surface area (Å²) in [4.78, 5) is 34.1. The molecule has 1 amide bonds. The molecule has 48 heavy (non-hydrogen) atoms. The summed E-state index contributed by atoms with van der Waals surface area (Å²) in [5.41, 5.74) is 8.28. The summed E-state index contributed by atoms with van der Waals surface area (Å²) in [6.07, 6.45) is 6.28. The third-order valence-corrected chi connectivity index (χ3v) is 6.86. The fourth-order valence-corrected chi connectivity index (χ4v) is 4.68. The van der Waals surface area contributed by atoms with Crippen molar-refractivity contribution in [2.75, 3.05) is 11.1 Å². The summed E-state index contributed by atoms with van der Waals surface area (Å²) >= 11 is 5.14. The number of hydrogen-bond donors (Lipinski definition) is 5. The molecule has 7 rings (SSSR count). The van der Waals surface area contributed by atoms with Crippen LogP contribution in [0, 0.1) is 11.6 Å². The van der Waals surface area contributed by atoms with Crippen LogP contribution in [0.3, 0.4) is 0 Å². The highest BCUT2D eigenvalue weighted by Gasteiger charge is 2.13. The van der Waals surface area contributed by atoms with Crippen LogP contribution in [-0.2, 0) is 11.2 Å². The number of rotatable bonds is 7. The van der Waals surface area contributed by atoms with Crippen molar-refractivity contribution in [3.05, 3.63) is 121 Å². The predicted octanol–water partition coefficient (Wildman–Crippen LogP) is 6.42. The highest BCUT2D eigenvalue weighted by atomic mass is 32.1. The molecule has 0 aliphatic carbocycles. The van der Waals surface area contributed by atoms with Gasteiger partial charge in [-0.05, 0) is 54.2 Å². The molecule has 6 N–H and O–H groups in total. The van der Waals surface area contributed by atoms with Crippen molar-refractivity contribution in [3.8, 4) is 23.3 Å². The van der Waals surface area contributed by atoms with E-state index < -0.39 is 11.6 Å². The van der Waals surface area contributed by atoms with Crippen LogP contribution in [0.4, 0.5) is 20.2 Å². The molecule has 12 nitrogen and oxygen atoms in total. The molecule has 0 atom stereocenters. The number of hydrogen-bond acceptors (Lipinski definition) is 9. The monoisotopic (exact) mass is 665 g/mol. The number of H-pyrrole nitrogens is 2. The molecule has 3 aromatic carbocycles. The van der Waals surface area contributed by atoms with Crippen LogP contribution in [0.5, 0.6) is 23.3 Å². The van der Waals surface area contributed by atoms with Crippen molar-refractivity contribution in [2.45, 2.75) is 6.42 Å². The van der Waals surface area contributed by atoms with E-state index in [0.29, 0.717) is 39.3 Å². The third-order valence-electron chi connectivity index (χ3n) is 6.65. The molecule has 0 saturated heterocycles. The summed E-state index contributed by atoms with van der Waals surface area (Å²) in [6.45, 7) is 0. The van der Waals surface area contributed by atoms with Crippen LogP contribution in [0.25, 0.3) is 22.1 Å². The van der Waals surface area contributed by atoms with Gasteiger partial charge in [0, 0.05) is 35.9 Å². The maximum atomic E-state index is 14.5. The minimum absolute atomic E-state index is 0.000724. The molecule has 0 spiro atoms. The fourth-order valence-electron chi connectivity index (χ4n) is 4.44. The topological polar surface area (TPSA) is 169 Å². The number of nitrogens with one attached hydrogen (secondary N) is 4. The number of benzene rings is 3. The van der Waals surface area contributed by atoms with Crippen molar-refractivity contribution < 1.29 is 23.0 Å². The molecule has 0 fully saturated rings. The van der Waals surface area contributed by atoms with Gasteiger partial charge in [0.15, 0.2) is 28.2 Å². The third kappa shape index (κ3) is 7.66. The largest absolute Gasteiger partial charge is 0.435 e. The summed E-state index contributed by atoms with van der Waals surface area (Å²) in [7, 11) is 0. The Bertz CT molecular complexity index is 2230. The molecule has 4 aromatic heterocycles. The predicted molar refractivity (Wildman–Crippen MR) is 180 cm³/mol. The van der Waals surface area contributed by atoms with Crippen molar-refractivity contribution in [1.82, 2.24) is 35.2 Å². The first-order valence-electron chi connectivity index (χ1n) is 14.2. The summed E-state index contributed by atoms with van der Waals surface area (Å²) in [5, 5.41) is 6.77. The number of nitrogens with zero attached hydrogens (tertiary/aromatic N) is 4. The van der Waals surface area contributed by atoms with Gasteiger partial charge in [0.2, 0.25) is 17.7 Å². The van der Waals surface area contributed by atoms with E-state index in [9.17, 15) is 13.6 Å². The number of fused-ring (bicyclic) bond motifs is 2. The van der Waals surface area contributed by atoms with Crippen LogP contribution in [0.1, 0.15) is 5.56 Å².